The molecule has 156 valence electrons. The van der Waals surface area contributed by atoms with Crippen molar-refractivity contribution in [1.29, 1.82) is 0 Å². The Labute approximate surface area is 164 Å². The highest BCUT2D eigenvalue weighted by Gasteiger charge is 2.36. The number of halogens is 2. The van der Waals surface area contributed by atoms with Crippen molar-refractivity contribution in [2.24, 2.45) is 5.92 Å². The number of ether oxygens (including phenoxy) is 1. The number of piperidine rings is 2. The van der Waals surface area contributed by atoms with Gasteiger partial charge in [-0.25, -0.2) is 17.2 Å². The molecule has 3 rings (SSSR count). The molecule has 9 heteroatoms. The van der Waals surface area contributed by atoms with Crippen LogP contribution in [-0.2, 0) is 19.6 Å². The van der Waals surface area contributed by atoms with Gasteiger partial charge in [-0.2, -0.15) is 4.31 Å². The molecule has 2 saturated heterocycles. The van der Waals surface area contributed by atoms with Crippen molar-refractivity contribution < 1.29 is 26.7 Å². The summed E-state index contributed by atoms with van der Waals surface area (Å²) in [6.45, 7) is 4.02. The molecule has 0 spiro atoms. The second kappa shape index (κ2) is 8.84. The Morgan fingerprint density at radius 2 is 1.89 bits per heavy atom. The summed E-state index contributed by atoms with van der Waals surface area (Å²) in [6.07, 6.45) is 2.62. The average Bonchev–Trinajstić information content (AvgIpc) is 2.70. The molecule has 2 aliphatic rings. The molecular formula is C19H26F2N2O4S. The number of hydrogen-bond donors (Lipinski definition) is 0. The number of amides is 1. The van der Waals surface area contributed by atoms with Gasteiger partial charge in [0.05, 0.1) is 6.10 Å². The van der Waals surface area contributed by atoms with Crippen LogP contribution in [0.2, 0.25) is 0 Å². The number of likely N-dealkylation sites (tertiary alicyclic amines) is 1. The Morgan fingerprint density at radius 3 is 2.57 bits per heavy atom. The highest BCUT2D eigenvalue weighted by molar-refractivity contribution is 7.89. The number of benzene rings is 1. The normalized spacial score (nSPS) is 22.4. The first-order chi connectivity index (χ1) is 13.3. The summed E-state index contributed by atoms with van der Waals surface area (Å²) in [6, 6.07) is 2.39. The summed E-state index contributed by atoms with van der Waals surface area (Å²) in [5.41, 5.74) is 0. The molecular weight excluding hydrogens is 390 g/mol. The van der Waals surface area contributed by atoms with E-state index in [9.17, 15) is 22.0 Å². The minimum absolute atomic E-state index is 0.0263. The van der Waals surface area contributed by atoms with E-state index in [0.29, 0.717) is 38.6 Å². The van der Waals surface area contributed by atoms with E-state index in [1.807, 2.05) is 11.8 Å². The zero-order chi connectivity index (χ0) is 20.3. The molecule has 0 bridgehead atoms. The van der Waals surface area contributed by atoms with E-state index in [-0.39, 0.29) is 31.0 Å². The molecule has 6 nitrogen and oxygen atoms in total. The lowest BCUT2D eigenvalue weighted by molar-refractivity contribution is -0.140. The van der Waals surface area contributed by atoms with Gasteiger partial charge in [0.25, 0.3) is 0 Å². The predicted molar refractivity (Wildman–Crippen MR) is 99.1 cm³/mol. The second-order valence-electron chi connectivity index (χ2n) is 7.26. The van der Waals surface area contributed by atoms with Crippen molar-refractivity contribution in [3.63, 3.8) is 0 Å². The van der Waals surface area contributed by atoms with Gasteiger partial charge in [-0.3, -0.25) is 4.79 Å². The number of nitrogens with zero attached hydrogens (tertiary/aromatic N) is 2. The van der Waals surface area contributed by atoms with E-state index in [1.54, 1.807) is 0 Å². The van der Waals surface area contributed by atoms with Gasteiger partial charge in [0.2, 0.25) is 15.9 Å². The smallest absolute Gasteiger partial charge is 0.246 e. The second-order valence-corrected chi connectivity index (χ2v) is 9.16. The van der Waals surface area contributed by atoms with Crippen LogP contribution in [0.5, 0.6) is 0 Å². The third-order valence-electron chi connectivity index (χ3n) is 5.41. The average molecular weight is 416 g/mol. The van der Waals surface area contributed by atoms with E-state index in [0.717, 1.165) is 29.3 Å². The minimum atomic E-state index is -4.13. The quantitative estimate of drug-likeness (QED) is 0.739. The number of sulfonamides is 1. The maximum atomic E-state index is 13.9. The van der Waals surface area contributed by atoms with Crippen molar-refractivity contribution >= 4 is 15.9 Å². The summed E-state index contributed by atoms with van der Waals surface area (Å²) in [5.74, 6) is -2.02. The van der Waals surface area contributed by atoms with Crippen LogP contribution in [0, 0.1) is 17.6 Å². The number of rotatable bonds is 5. The Balaban J connectivity index is 1.62. The minimum Gasteiger partial charge on any atom is -0.377 e. The Bertz CT molecular complexity index is 808. The fourth-order valence-corrected chi connectivity index (χ4v) is 5.47. The summed E-state index contributed by atoms with van der Waals surface area (Å²) in [7, 11) is -4.13. The number of carbonyl (C=O) groups excluding carboxylic acids is 1. The van der Waals surface area contributed by atoms with Crippen molar-refractivity contribution in [2.75, 3.05) is 32.8 Å². The van der Waals surface area contributed by atoms with Crippen LogP contribution < -0.4 is 0 Å². The van der Waals surface area contributed by atoms with Crippen LogP contribution in [0.25, 0.3) is 0 Å². The van der Waals surface area contributed by atoms with Gasteiger partial charge in [-0.15, -0.1) is 0 Å². The van der Waals surface area contributed by atoms with E-state index in [1.165, 1.54) is 0 Å². The first-order valence-corrected chi connectivity index (χ1v) is 11.1. The van der Waals surface area contributed by atoms with Crippen molar-refractivity contribution in [3.8, 4) is 0 Å². The largest absolute Gasteiger partial charge is 0.377 e. The van der Waals surface area contributed by atoms with E-state index >= 15 is 0 Å². The van der Waals surface area contributed by atoms with Crippen LogP contribution in [-0.4, -0.2) is 62.4 Å². The highest BCUT2D eigenvalue weighted by atomic mass is 32.2. The van der Waals surface area contributed by atoms with E-state index in [4.69, 9.17) is 4.74 Å². The van der Waals surface area contributed by atoms with Gasteiger partial charge in [0.15, 0.2) is 0 Å². The molecule has 0 aliphatic carbocycles. The van der Waals surface area contributed by atoms with Crippen LogP contribution in [0.4, 0.5) is 8.78 Å². The molecule has 2 aliphatic heterocycles. The van der Waals surface area contributed by atoms with Crippen molar-refractivity contribution in [3.05, 3.63) is 29.8 Å². The third-order valence-corrected chi connectivity index (χ3v) is 7.32. The summed E-state index contributed by atoms with van der Waals surface area (Å²) in [5, 5.41) is 0. The lowest BCUT2D eigenvalue weighted by Crippen LogP contribution is -2.48. The molecule has 1 amide bonds. The van der Waals surface area contributed by atoms with Crippen LogP contribution in [0.15, 0.2) is 23.1 Å². The topological polar surface area (TPSA) is 66.9 Å². The molecule has 1 unspecified atom stereocenters. The highest BCUT2D eigenvalue weighted by Crippen LogP contribution is 2.28. The van der Waals surface area contributed by atoms with Gasteiger partial charge in [0.1, 0.15) is 16.5 Å². The zero-order valence-electron chi connectivity index (χ0n) is 15.9. The molecule has 1 aromatic rings. The van der Waals surface area contributed by atoms with Crippen molar-refractivity contribution in [2.45, 2.75) is 43.6 Å². The Morgan fingerprint density at radius 1 is 1.18 bits per heavy atom. The Kier molecular flexibility index (Phi) is 6.67. The fraction of sp³-hybridized carbons (Fsp3) is 0.632. The molecule has 0 saturated carbocycles. The first kappa shape index (κ1) is 21.1. The summed E-state index contributed by atoms with van der Waals surface area (Å²) in [4.78, 5) is 14.0. The lowest BCUT2D eigenvalue weighted by atomic mass is 9.95. The van der Waals surface area contributed by atoms with Crippen molar-refractivity contribution in [1.82, 2.24) is 9.21 Å². The van der Waals surface area contributed by atoms with Gasteiger partial charge in [0, 0.05) is 38.7 Å². The predicted octanol–water partition coefficient (Wildman–Crippen LogP) is 2.39. The molecule has 2 fully saturated rings. The molecule has 2 heterocycles. The van der Waals surface area contributed by atoms with Gasteiger partial charge >= 0.3 is 0 Å². The van der Waals surface area contributed by atoms with Gasteiger partial charge < -0.3 is 9.64 Å². The third kappa shape index (κ3) is 4.52. The maximum Gasteiger partial charge on any atom is 0.246 e. The molecule has 28 heavy (non-hydrogen) atoms. The molecule has 0 radical (unpaired) electrons. The maximum absolute atomic E-state index is 13.9. The number of hydrogen-bond acceptors (Lipinski definition) is 4. The molecule has 0 N–H and O–H groups in total. The standard InChI is InChI=1S/C19H26F2N2O4S/c1-2-27-16-4-3-9-22(13-16)19(24)14-7-10-23(11-8-14)28(25,26)18-12-15(20)5-6-17(18)21/h5-6,12,14,16H,2-4,7-11,13H2,1H3. The Hall–Kier alpha value is -1.58. The van der Waals surface area contributed by atoms with Crippen LogP contribution >= 0.6 is 0 Å². The SMILES string of the molecule is CCOC1CCCN(C(=O)C2CCN(S(=O)(=O)c3cc(F)ccc3F)CC2)C1. The van der Waals surface area contributed by atoms with E-state index < -0.39 is 26.6 Å². The monoisotopic (exact) mass is 416 g/mol. The molecule has 1 atom stereocenters. The van der Waals surface area contributed by atoms with Gasteiger partial charge in [-0.05, 0) is 50.8 Å². The number of carbonyl (C=O) groups is 1. The first-order valence-electron chi connectivity index (χ1n) is 9.68. The van der Waals surface area contributed by atoms with Crippen LogP contribution in [0.3, 0.4) is 0 Å². The molecule has 0 aromatic heterocycles. The van der Waals surface area contributed by atoms with Crippen LogP contribution in [0.1, 0.15) is 32.6 Å². The zero-order valence-corrected chi connectivity index (χ0v) is 16.8. The fourth-order valence-electron chi connectivity index (χ4n) is 3.93. The lowest BCUT2D eigenvalue weighted by Gasteiger charge is -2.37. The molecule has 1 aromatic carbocycles. The summed E-state index contributed by atoms with van der Waals surface area (Å²) >= 11 is 0. The van der Waals surface area contributed by atoms with Gasteiger partial charge in [-0.1, -0.05) is 0 Å². The summed E-state index contributed by atoms with van der Waals surface area (Å²) < 4.78 is 59.4. The van der Waals surface area contributed by atoms with E-state index in [2.05, 4.69) is 0 Å².